The van der Waals surface area contributed by atoms with Crippen LogP contribution in [0.2, 0.25) is 0 Å². The highest BCUT2D eigenvalue weighted by Gasteiger charge is 2.57. The molecule has 1 saturated heterocycles. The van der Waals surface area contributed by atoms with E-state index in [4.69, 9.17) is 5.21 Å². The second-order valence-corrected chi connectivity index (χ2v) is 6.65. The molecule has 25 heavy (non-hydrogen) atoms. The lowest BCUT2D eigenvalue weighted by Crippen LogP contribution is -2.70. The summed E-state index contributed by atoms with van der Waals surface area (Å²) in [5, 5.41) is 11.5. The largest absolute Gasteiger partial charge is 0.357 e. The van der Waals surface area contributed by atoms with Crippen molar-refractivity contribution < 1.29 is 19.6 Å². The van der Waals surface area contributed by atoms with E-state index in [0.717, 1.165) is 0 Å². The summed E-state index contributed by atoms with van der Waals surface area (Å²) >= 11 is 0. The minimum Gasteiger partial charge on any atom is -0.357 e. The second kappa shape index (κ2) is 7.76. The molecule has 0 bridgehead atoms. The first-order valence-electron chi connectivity index (χ1n) is 8.40. The molecule has 3 atom stereocenters. The monoisotopic (exact) mass is 347 g/mol. The zero-order valence-corrected chi connectivity index (χ0v) is 14.8. The van der Waals surface area contributed by atoms with Crippen LogP contribution < -0.4 is 15.7 Å². The number of anilines is 1. The highest BCUT2D eigenvalue weighted by Crippen LogP contribution is 2.38. The summed E-state index contributed by atoms with van der Waals surface area (Å²) in [6.07, 6.45) is 0.184. The van der Waals surface area contributed by atoms with Crippen LogP contribution in [0, 0.1) is 11.8 Å². The molecule has 1 unspecified atom stereocenters. The number of benzene rings is 1. The minimum absolute atomic E-state index is 0.0686. The van der Waals surface area contributed by atoms with Gasteiger partial charge >= 0.3 is 0 Å². The normalized spacial score (nSPS) is 25.0. The number of nitrogens with zero attached hydrogens (tertiary/aromatic N) is 1. The van der Waals surface area contributed by atoms with Crippen molar-refractivity contribution in [2.75, 3.05) is 18.5 Å². The molecule has 0 radical (unpaired) electrons. The third-order valence-electron chi connectivity index (χ3n) is 4.67. The first-order valence-corrected chi connectivity index (χ1v) is 8.40. The fraction of sp³-hybridized carbons (Fsp3) is 0.500. The number of amides is 2. The molecule has 0 aromatic heterocycles. The van der Waals surface area contributed by atoms with Crippen LogP contribution in [0.3, 0.4) is 0 Å². The van der Waals surface area contributed by atoms with Gasteiger partial charge in [-0.1, -0.05) is 32.0 Å². The molecular formula is C18H25N3O4. The Hall–Kier alpha value is -2.25. The molecule has 136 valence electrons. The number of para-hydroxylation sites is 1. The van der Waals surface area contributed by atoms with Gasteiger partial charge in [0.1, 0.15) is 0 Å². The van der Waals surface area contributed by atoms with Gasteiger partial charge in [-0.3, -0.25) is 19.3 Å². The van der Waals surface area contributed by atoms with E-state index in [1.807, 2.05) is 13.0 Å². The number of Topliss-reactive ketones (excluding diaryl/α,β-unsaturated/α-hetero) is 1. The Morgan fingerprint density at radius 3 is 2.56 bits per heavy atom. The molecule has 0 saturated carbocycles. The lowest BCUT2D eigenvalue weighted by atomic mass is 9.73. The number of nitrogens with one attached hydrogen (secondary N) is 2. The van der Waals surface area contributed by atoms with Crippen molar-refractivity contribution in [2.24, 2.45) is 11.8 Å². The van der Waals surface area contributed by atoms with Crippen molar-refractivity contribution in [1.29, 1.82) is 0 Å². The Kier molecular flexibility index (Phi) is 5.92. The van der Waals surface area contributed by atoms with Crippen LogP contribution in [0.25, 0.3) is 0 Å². The van der Waals surface area contributed by atoms with E-state index in [1.54, 1.807) is 31.2 Å². The van der Waals surface area contributed by atoms with Gasteiger partial charge in [0, 0.05) is 31.6 Å². The van der Waals surface area contributed by atoms with Gasteiger partial charge in [-0.15, -0.1) is 0 Å². The highest BCUT2D eigenvalue weighted by atomic mass is 16.5. The van der Waals surface area contributed by atoms with E-state index in [1.165, 1.54) is 11.9 Å². The van der Waals surface area contributed by atoms with E-state index >= 15 is 0 Å². The Labute approximate surface area is 147 Å². The number of hydrogen-bond donors (Lipinski definition) is 3. The number of hydrogen-bond acceptors (Lipinski definition) is 5. The van der Waals surface area contributed by atoms with Gasteiger partial charge in [0.2, 0.25) is 5.91 Å². The molecule has 1 heterocycles. The van der Waals surface area contributed by atoms with Crippen molar-refractivity contribution in [1.82, 2.24) is 10.8 Å². The van der Waals surface area contributed by atoms with Gasteiger partial charge in [-0.2, -0.15) is 0 Å². The Balaban J connectivity index is 2.63. The van der Waals surface area contributed by atoms with Crippen LogP contribution in [-0.2, 0) is 14.4 Å². The quantitative estimate of drug-likeness (QED) is 0.529. The van der Waals surface area contributed by atoms with Crippen LogP contribution >= 0.6 is 0 Å². The molecule has 7 heteroatoms. The number of piperidine rings is 1. The van der Waals surface area contributed by atoms with E-state index in [0.29, 0.717) is 5.69 Å². The van der Waals surface area contributed by atoms with E-state index in [-0.39, 0.29) is 37.0 Å². The van der Waals surface area contributed by atoms with Crippen LogP contribution in [0.15, 0.2) is 30.3 Å². The van der Waals surface area contributed by atoms with E-state index in [2.05, 4.69) is 10.8 Å². The second-order valence-electron chi connectivity index (χ2n) is 6.65. The fourth-order valence-electron chi connectivity index (χ4n) is 3.56. The zero-order chi connectivity index (χ0) is 18.6. The molecule has 0 aliphatic carbocycles. The molecule has 1 fully saturated rings. The molecular weight excluding hydrogens is 322 g/mol. The highest BCUT2D eigenvalue weighted by molar-refractivity contribution is 6.22. The molecule has 0 spiro atoms. The summed E-state index contributed by atoms with van der Waals surface area (Å²) in [4.78, 5) is 40.3. The summed E-state index contributed by atoms with van der Waals surface area (Å²) in [7, 11) is 1.46. The third-order valence-corrected chi connectivity index (χ3v) is 4.67. The number of likely N-dealkylation sites (N-methyl/N-ethyl adjacent to an activating group) is 1. The van der Waals surface area contributed by atoms with Gasteiger partial charge in [0.05, 0.1) is 0 Å². The summed E-state index contributed by atoms with van der Waals surface area (Å²) in [6.45, 7) is 3.69. The van der Waals surface area contributed by atoms with Crippen LogP contribution in [0.4, 0.5) is 5.69 Å². The van der Waals surface area contributed by atoms with Gasteiger partial charge in [0.25, 0.3) is 5.91 Å². The Morgan fingerprint density at radius 1 is 1.36 bits per heavy atom. The lowest BCUT2D eigenvalue weighted by Gasteiger charge is -2.47. The average Bonchev–Trinajstić information content (AvgIpc) is 2.59. The Bertz CT molecular complexity index is 649. The number of carbonyl (C=O) groups is 3. The summed E-state index contributed by atoms with van der Waals surface area (Å²) < 4.78 is 0. The summed E-state index contributed by atoms with van der Waals surface area (Å²) in [5.74, 6) is -1.80. The Morgan fingerprint density at radius 2 is 2.00 bits per heavy atom. The third kappa shape index (κ3) is 3.43. The van der Waals surface area contributed by atoms with Crippen molar-refractivity contribution in [3.8, 4) is 0 Å². The maximum absolute atomic E-state index is 13.2. The van der Waals surface area contributed by atoms with Crippen LogP contribution in [0.5, 0.6) is 0 Å². The molecule has 2 rings (SSSR count). The first-order chi connectivity index (χ1) is 11.9. The lowest BCUT2D eigenvalue weighted by molar-refractivity contribution is -0.146. The topological polar surface area (TPSA) is 98.7 Å². The smallest absolute Gasteiger partial charge is 0.253 e. The average molecular weight is 347 g/mol. The first kappa shape index (κ1) is 19.1. The van der Waals surface area contributed by atoms with Crippen LogP contribution in [-0.4, -0.2) is 41.9 Å². The number of ketones is 1. The van der Waals surface area contributed by atoms with Crippen LogP contribution in [0.1, 0.15) is 26.7 Å². The summed E-state index contributed by atoms with van der Waals surface area (Å²) in [5.41, 5.74) is 0.967. The molecule has 2 amide bonds. The van der Waals surface area contributed by atoms with Crippen molar-refractivity contribution in [3.05, 3.63) is 30.3 Å². The van der Waals surface area contributed by atoms with Gasteiger partial charge in [0.15, 0.2) is 11.3 Å². The fourth-order valence-corrected chi connectivity index (χ4v) is 3.56. The van der Waals surface area contributed by atoms with Crippen molar-refractivity contribution in [3.63, 3.8) is 0 Å². The maximum Gasteiger partial charge on any atom is 0.253 e. The number of hydroxylamine groups is 1. The molecule has 1 aromatic carbocycles. The zero-order valence-electron chi connectivity index (χ0n) is 14.8. The molecule has 3 N–H and O–H groups in total. The van der Waals surface area contributed by atoms with Gasteiger partial charge < -0.3 is 10.5 Å². The SMILES string of the molecule is CNC(=O)[C@]1(C[C@@H](C)CNO)C(=O)C(C)CC(=O)N1c1ccccc1. The predicted octanol–water partition coefficient (Wildman–Crippen LogP) is 1.12. The number of carbonyl (C=O) groups excluding carboxylic acids is 3. The summed E-state index contributed by atoms with van der Waals surface area (Å²) in [6, 6.07) is 8.76. The van der Waals surface area contributed by atoms with E-state index < -0.39 is 17.4 Å². The minimum atomic E-state index is -1.62. The van der Waals surface area contributed by atoms with Gasteiger partial charge in [-0.05, 0) is 24.5 Å². The maximum atomic E-state index is 13.2. The molecule has 1 aliphatic rings. The molecule has 1 aromatic rings. The standard InChI is InChI=1S/C18H25N3O4/c1-12(11-20-25)10-18(17(24)19-3)16(23)13(2)9-15(22)21(18)14-7-5-4-6-8-14/h4-8,12-13,20,25H,9-11H2,1-3H3,(H,19,24)/t12-,13?,18+/m1/s1. The van der Waals surface area contributed by atoms with Crippen molar-refractivity contribution in [2.45, 2.75) is 32.2 Å². The van der Waals surface area contributed by atoms with Crippen molar-refractivity contribution >= 4 is 23.3 Å². The number of rotatable bonds is 6. The molecule has 1 aliphatic heterocycles. The van der Waals surface area contributed by atoms with Gasteiger partial charge in [-0.25, -0.2) is 5.48 Å². The predicted molar refractivity (Wildman–Crippen MR) is 93.1 cm³/mol. The van der Waals surface area contributed by atoms with E-state index in [9.17, 15) is 14.4 Å². The molecule has 7 nitrogen and oxygen atoms in total.